The van der Waals surface area contributed by atoms with Crippen LogP contribution in [-0.4, -0.2) is 49.7 Å². The number of halogens is 5. The van der Waals surface area contributed by atoms with Gasteiger partial charge in [0.1, 0.15) is 5.75 Å². The summed E-state index contributed by atoms with van der Waals surface area (Å²) in [5.41, 5.74) is 0.413. The van der Waals surface area contributed by atoms with Crippen molar-refractivity contribution in [2.75, 3.05) is 26.2 Å². The van der Waals surface area contributed by atoms with E-state index in [9.17, 15) is 8.78 Å². The zero-order chi connectivity index (χ0) is 20.1. The molecule has 5 nitrogen and oxygen atoms in total. The topological polar surface area (TPSA) is 48.9 Å². The van der Waals surface area contributed by atoms with Crippen LogP contribution in [0.2, 0.25) is 10.0 Å². The van der Waals surface area contributed by atoms with Crippen LogP contribution in [0, 0.1) is 5.92 Å². The normalized spacial score (nSPS) is 19.9. The van der Waals surface area contributed by atoms with Crippen molar-refractivity contribution in [3.05, 3.63) is 27.7 Å². The van der Waals surface area contributed by atoms with Gasteiger partial charge in [0.25, 0.3) is 0 Å². The first kappa shape index (κ1) is 24.7. The summed E-state index contributed by atoms with van der Waals surface area (Å²) in [6.07, 6.45) is 3.84. The zero-order valence-corrected chi connectivity index (χ0v) is 20.1. The zero-order valence-electron chi connectivity index (χ0n) is 16.3. The maximum absolute atomic E-state index is 12.7. The van der Waals surface area contributed by atoms with Gasteiger partial charge in [-0.05, 0) is 50.8 Å². The van der Waals surface area contributed by atoms with E-state index in [2.05, 4.69) is 25.3 Å². The van der Waals surface area contributed by atoms with Crippen LogP contribution in [0.5, 0.6) is 5.75 Å². The van der Waals surface area contributed by atoms with Gasteiger partial charge in [0, 0.05) is 36.3 Å². The lowest BCUT2D eigenvalue weighted by molar-refractivity contribution is -0.0503. The van der Waals surface area contributed by atoms with E-state index in [1.807, 2.05) is 6.92 Å². The molecule has 3 rings (SSSR count). The van der Waals surface area contributed by atoms with Gasteiger partial charge in [-0.3, -0.25) is 0 Å². The molecule has 0 spiro atoms. The number of benzene rings is 1. The summed E-state index contributed by atoms with van der Waals surface area (Å²) in [6, 6.07) is 3.72. The van der Waals surface area contributed by atoms with Crippen molar-refractivity contribution in [3.63, 3.8) is 0 Å². The molecule has 1 aliphatic heterocycles. The summed E-state index contributed by atoms with van der Waals surface area (Å²) < 4.78 is 30.0. The minimum Gasteiger partial charge on any atom is -0.433 e. The highest BCUT2D eigenvalue weighted by molar-refractivity contribution is 14.0. The maximum atomic E-state index is 12.7. The number of nitrogens with one attached hydrogen (secondary N) is 2. The van der Waals surface area contributed by atoms with Gasteiger partial charge in [0.05, 0.1) is 11.6 Å². The third kappa shape index (κ3) is 7.56. The Balaban J connectivity index is 0.00000300. The van der Waals surface area contributed by atoms with Crippen molar-refractivity contribution in [3.8, 4) is 5.75 Å². The van der Waals surface area contributed by atoms with E-state index in [-0.39, 0.29) is 41.3 Å². The molecule has 1 saturated carbocycles. The molecule has 29 heavy (non-hydrogen) atoms. The SMILES string of the molecule is CCNC(=NCc1cc(Cl)cc(Cl)c1OC(F)F)NCC1CCN(C2CC2)C1.I. The molecular weight excluding hydrogens is 536 g/mol. The molecule has 0 radical (unpaired) electrons. The van der Waals surface area contributed by atoms with E-state index in [1.165, 1.54) is 31.9 Å². The quantitative estimate of drug-likeness (QED) is 0.273. The third-order valence-electron chi connectivity index (χ3n) is 4.98. The van der Waals surface area contributed by atoms with Gasteiger partial charge in [0.15, 0.2) is 5.96 Å². The van der Waals surface area contributed by atoms with Crippen molar-refractivity contribution >= 4 is 53.1 Å². The monoisotopic (exact) mass is 562 g/mol. The molecule has 0 amide bonds. The fourth-order valence-corrected chi connectivity index (χ4v) is 4.08. The van der Waals surface area contributed by atoms with Crippen LogP contribution in [0.3, 0.4) is 0 Å². The molecule has 0 aromatic heterocycles. The standard InChI is InChI=1S/C19H26Cl2F2N4O.HI/c1-2-24-19(25-9-12-5-6-27(11-12)15-3-4-15)26-10-13-7-14(20)8-16(21)17(13)28-18(22)23;/h7-8,12,15,18H,2-6,9-11H2,1H3,(H2,24,25,26);1H. The molecule has 1 unspecified atom stereocenters. The van der Waals surface area contributed by atoms with Crippen molar-refractivity contribution in [2.45, 2.75) is 45.4 Å². The average molecular weight is 563 g/mol. The van der Waals surface area contributed by atoms with Gasteiger partial charge >= 0.3 is 6.61 Å². The average Bonchev–Trinajstić information content (AvgIpc) is 3.38. The second-order valence-electron chi connectivity index (χ2n) is 7.21. The van der Waals surface area contributed by atoms with Crippen molar-refractivity contribution in [1.82, 2.24) is 15.5 Å². The van der Waals surface area contributed by atoms with Crippen molar-refractivity contribution < 1.29 is 13.5 Å². The van der Waals surface area contributed by atoms with Crippen LogP contribution in [0.25, 0.3) is 0 Å². The van der Waals surface area contributed by atoms with Crippen LogP contribution in [0.15, 0.2) is 17.1 Å². The van der Waals surface area contributed by atoms with Gasteiger partial charge < -0.3 is 20.3 Å². The first-order chi connectivity index (χ1) is 13.5. The Morgan fingerprint density at radius 2 is 2.03 bits per heavy atom. The van der Waals surface area contributed by atoms with E-state index in [1.54, 1.807) is 6.07 Å². The first-order valence-electron chi connectivity index (χ1n) is 9.65. The van der Waals surface area contributed by atoms with Gasteiger partial charge in [-0.25, -0.2) is 4.99 Å². The van der Waals surface area contributed by atoms with E-state index < -0.39 is 6.61 Å². The molecule has 2 N–H and O–H groups in total. The largest absolute Gasteiger partial charge is 0.433 e. The molecule has 2 fully saturated rings. The number of ether oxygens (including phenoxy) is 1. The van der Waals surface area contributed by atoms with Crippen LogP contribution >= 0.6 is 47.2 Å². The number of likely N-dealkylation sites (tertiary alicyclic amines) is 1. The molecule has 1 heterocycles. The Bertz CT molecular complexity index is 707. The fraction of sp³-hybridized carbons (Fsp3) is 0.632. The molecule has 0 bridgehead atoms. The van der Waals surface area contributed by atoms with Crippen LogP contribution in [0.4, 0.5) is 8.78 Å². The molecule has 1 atom stereocenters. The molecule has 1 aromatic carbocycles. The second-order valence-corrected chi connectivity index (χ2v) is 8.05. The van der Waals surface area contributed by atoms with Crippen molar-refractivity contribution in [2.24, 2.45) is 10.9 Å². The summed E-state index contributed by atoms with van der Waals surface area (Å²) in [7, 11) is 0. The Labute approximate surface area is 197 Å². The number of rotatable bonds is 8. The highest BCUT2D eigenvalue weighted by atomic mass is 127. The summed E-state index contributed by atoms with van der Waals surface area (Å²) >= 11 is 12.0. The van der Waals surface area contributed by atoms with Gasteiger partial charge in [0.2, 0.25) is 0 Å². The second kappa shape index (κ2) is 11.7. The predicted molar refractivity (Wildman–Crippen MR) is 124 cm³/mol. The Kier molecular flexibility index (Phi) is 9.97. The van der Waals surface area contributed by atoms with E-state index in [4.69, 9.17) is 23.2 Å². The number of alkyl halides is 2. The molecule has 164 valence electrons. The van der Waals surface area contributed by atoms with E-state index in [0.717, 1.165) is 19.1 Å². The smallest absolute Gasteiger partial charge is 0.387 e. The Morgan fingerprint density at radius 3 is 2.69 bits per heavy atom. The molecule has 1 aliphatic carbocycles. The van der Waals surface area contributed by atoms with Crippen LogP contribution in [0.1, 0.15) is 31.7 Å². The van der Waals surface area contributed by atoms with Gasteiger partial charge in [-0.1, -0.05) is 23.2 Å². The first-order valence-corrected chi connectivity index (χ1v) is 10.4. The highest BCUT2D eigenvalue weighted by Crippen LogP contribution is 2.34. The molecular formula is C19H27Cl2F2IN4O. The van der Waals surface area contributed by atoms with Crippen LogP contribution in [-0.2, 0) is 6.54 Å². The fourth-order valence-electron chi connectivity index (χ4n) is 3.50. The molecule has 1 aromatic rings. The highest BCUT2D eigenvalue weighted by Gasteiger charge is 2.34. The Hall–Kier alpha value is -0.580. The minimum atomic E-state index is -2.97. The van der Waals surface area contributed by atoms with Gasteiger partial charge in [-0.15, -0.1) is 24.0 Å². The predicted octanol–water partition coefficient (Wildman–Crippen LogP) is 4.75. The lowest BCUT2D eigenvalue weighted by Crippen LogP contribution is -2.40. The number of nitrogens with zero attached hydrogens (tertiary/aromatic N) is 2. The van der Waals surface area contributed by atoms with Gasteiger partial charge in [-0.2, -0.15) is 8.78 Å². The third-order valence-corrected chi connectivity index (χ3v) is 5.48. The number of hydrogen-bond acceptors (Lipinski definition) is 3. The summed E-state index contributed by atoms with van der Waals surface area (Å²) in [4.78, 5) is 7.07. The molecule has 10 heteroatoms. The van der Waals surface area contributed by atoms with E-state index in [0.29, 0.717) is 29.0 Å². The minimum absolute atomic E-state index is 0. The summed E-state index contributed by atoms with van der Waals surface area (Å²) in [5.74, 6) is 1.13. The maximum Gasteiger partial charge on any atom is 0.387 e. The number of hydrogen-bond donors (Lipinski definition) is 2. The van der Waals surface area contributed by atoms with E-state index >= 15 is 0 Å². The Morgan fingerprint density at radius 1 is 1.28 bits per heavy atom. The number of aliphatic imine (C=N–C) groups is 1. The lowest BCUT2D eigenvalue weighted by Gasteiger charge is -2.17. The summed E-state index contributed by atoms with van der Waals surface area (Å²) in [6.45, 7) is 2.94. The molecule has 2 aliphatic rings. The number of guanidine groups is 1. The lowest BCUT2D eigenvalue weighted by atomic mass is 10.1. The van der Waals surface area contributed by atoms with Crippen molar-refractivity contribution in [1.29, 1.82) is 0 Å². The molecule has 1 saturated heterocycles. The summed E-state index contributed by atoms with van der Waals surface area (Å²) in [5, 5.41) is 6.93. The van der Waals surface area contributed by atoms with Crippen LogP contribution < -0.4 is 15.4 Å².